The highest BCUT2D eigenvalue weighted by Crippen LogP contribution is 2.35. The molecule has 1 saturated carbocycles. The Labute approximate surface area is 128 Å². The van der Waals surface area contributed by atoms with Crippen molar-refractivity contribution in [2.24, 2.45) is 17.8 Å². The molecule has 1 aliphatic rings. The summed E-state index contributed by atoms with van der Waals surface area (Å²) in [5, 5.41) is 2.86. The summed E-state index contributed by atoms with van der Waals surface area (Å²) in [5.74, 6) is 1.69. The molecule has 21 heavy (non-hydrogen) atoms. The lowest BCUT2D eigenvalue weighted by Gasteiger charge is -2.36. The van der Waals surface area contributed by atoms with E-state index in [0.717, 1.165) is 18.4 Å². The Morgan fingerprint density at radius 2 is 2.00 bits per heavy atom. The molecule has 1 N–H and O–H groups in total. The maximum Gasteiger partial charge on any atom is 0.407 e. The van der Waals surface area contributed by atoms with Crippen LogP contribution in [-0.4, -0.2) is 12.2 Å². The molecule has 3 atom stereocenters. The van der Waals surface area contributed by atoms with Gasteiger partial charge in [0.2, 0.25) is 0 Å². The highest BCUT2D eigenvalue weighted by Gasteiger charge is 2.33. The summed E-state index contributed by atoms with van der Waals surface area (Å²) in [7, 11) is 0. The highest BCUT2D eigenvalue weighted by atomic mass is 16.6. The topological polar surface area (TPSA) is 38.3 Å². The average molecular weight is 289 g/mol. The minimum Gasteiger partial charge on any atom is -0.446 e. The van der Waals surface area contributed by atoms with Gasteiger partial charge in [0.1, 0.15) is 6.10 Å². The van der Waals surface area contributed by atoms with Gasteiger partial charge in [-0.25, -0.2) is 4.79 Å². The molecule has 0 radical (unpaired) electrons. The third-order valence-electron chi connectivity index (χ3n) is 4.50. The molecule has 0 aliphatic heterocycles. The molecule has 3 nitrogen and oxygen atoms in total. The largest absolute Gasteiger partial charge is 0.446 e. The molecule has 1 aromatic carbocycles. The van der Waals surface area contributed by atoms with Crippen LogP contribution < -0.4 is 5.32 Å². The molecule has 0 unspecified atom stereocenters. The zero-order valence-electron chi connectivity index (χ0n) is 13.3. The Bertz CT molecular complexity index is 444. The Kier molecular flexibility index (Phi) is 5.66. The zero-order chi connectivity index (χ0) is 15.2. The van der Waals surface area contributed by atoms with Gasteiger partial charge >= 0.3 is 6.09 Å². The van der Waals surface area contributed by atoms with Crippen molar-refractivity contribution in [3.63, 3.8) is 0 Å². The highest BCUT2D eigenvalue weighted by molar-refractivity contribution is 5.67. The monoisotopic (exact) mass is 289 g/mol. The van der Waals surface area contributed by atoms with Gasteiger partial charge in [-0.1, -0.05) is 57.5 Å². The smallest absolute Gasteiger partial charge is 0.407 e. The molecule has 2 rings (SSSR count). The predicted octanol–water partition coefficient (Wildman–Crippen LogP) is 4.37. The molecule has 0 heterocycles. The second kappa shape index (κ2) is 7.48. The maximum absolute atomic E-state index is 12.0. The quantitative estimate of drug-likeness (QED) is 0.893. The lowest BCUT2D eigenvalue weighted by atomic mass is 9.75. The molecule has 1 fully saturated rings. The predicted molar refractivity (Wildman–Crippen MR) is 84.9 cm³/mol. The Hall–Kier alpha value is -1.51. The van der Waals surface area contributed by atoms with Crippen molar-refractivity contribution in [3.05, 3.63) is 35.9 Å². The van der Waals surface area contributed by atoms with Crippen molar-refractivity contribution in [1.82, 2.24) is 5.32 Å². The van der Waals surface area contributed by atoms with Crippen LogP contribution in [0.25, 0.3) is 0 Å². The summed E-state index contributed by atoms with van der Waals surface area (Å²) >= 11 is 0. The number of alkyl carbamates (subject to hydrolysis) is 1. The van der Waals surface area contributed by atoms with Gasteiger partial charge in [-0.15, -0.1) is 0 Å². The van der Waals surface area contributed by atoms with E-state index in [1.807, 2.05) is 30.3 Å². The molecular weight excluding hydrogens is 262 g/mol. The van der Waals surface area contributed by atoms with E-state index in [-0.39, 0.29) is 12.2 Å². The van der Waals surface area contributed by atoms with Gasteiger partial charge in [-0.05, 0) is 36.2 Å². The van der Waals surface area contributed by atoms with Crippen LogP contribution in [-0.2, 0) is 11.3 Å². The van der Waals surface area contributed by atoms with Gasteiger partial charge in [0.05, 0.1) is 0 Å². The lowest BCUT2D eigenvalue weighted by molar-refractivity contribution is 0.00601. The molecule has 0 aromatic heterocycles. The van der Waals surface area contributed by atoms with Crippen molar-refractivity contribution in [3.8, 4) is 0 Å². The number of hydrogen-bond acceptors (Lipinski definition) is 2. The Morgan fingerprint density at radius 3 is 2.67 bits per heavy atom. The van der Waals surface area contributed by atoms with E-state index in [0.29, 0.717) is 24.3 Å². The number of amides is 1. The molecule has 3 heteroatoms. The fourth-order valence-electron chi connectivity index (χ4n) is 3.20. The molecular formula is C18H27NO2. The summed E-state index contributed by atoms with van der Waals surface area (Å²) in [6, 6.07) is 9.91. The first-order chi connectivity index (χ1) is 10.1. The van der Waals surface area contributed by atoms with Crippen molar-refractivity contribution < 1.29 is 9.53 Å². The van der Waals surface area contributed by atoms with E-state index in [1.165, 1.54) is 6.42 Å². The molecule has 0 saturated heterocycles. The summed E-state index contributed by atoms with van der Waals surface area (Å²) < 4.78 is 5.71. The minimum atomic E-state index is -0.288. The van der Waals surface area contributed by atoms with Gasteiger partial charge in [-0.3, -0.25) is 0 Å². The molecule has 0 spiro atoms. The van der Waals surface area contributed by atoms with E-state index in [4.69, 9.17) is 4.74 Å². The number of nitrogens with one attached hydrogen (secondary N) is 1. The lowest BCUT2D eigenvalue weighted by Crippen LogP contribution is -2.38. The van der Waals surface area contributed by atoms with Crippen LogP contribution in [0.15, 0.2) is 30.3 Å². The van der Waals surface area contributed by atoms with Crippen LogP contribution >= 0.6 is 0 Å². The SMILES string of the molecule is CC(C)[C@@H]1CC[C@@H](C)C[C@@H]1OC(=O)NCc1ccccc1. The third-order valence-corrected chi connectivity index (χ3v) is 4.50. The Balaban J connectivity index is 1.85. The number of ether oxygens (including phenoxy) is 1. The van der Waals surface area contributed by atoms with Crippen LogP contribution in [0.4, 0.5) is 4.79 Å². The summed E-state index contributed by atoms with van der Waals surface area (Å²) in [6.07, 6.45) is 3.17. The van der Waals surface area contributed by atoms with Gasteiger partial charge in [-0.2, -0.15) is 0 Å². The first kappa shape index (κ1) is 15.9. The van der Waals surface area contributed by atoms with Gasteiger partial charge in [0, 0.05) is 6.54 Å². The maximum atomic E-state index is 12.0. The van der Waals surface area contributed by atoms with E-state index in [1.54, 1.807) is 0 Å². The third kappa shape index (κ3) is 4.76. The summed E-state index contributed by atoms with van der Waals surface area (Å²) in [6.45, 7) is 7.21. The van der Waals surface area contributed by atoms with E-state index in [9.17, 15) is 4.79 Å². The molecule has 1 aliphatic carbocycles. The second-order valence-electron chi connectivity index (χ2n) is 6.61. The number of carbonyl (C=O) groups is 1. The number of benzene rings is 1. The van der Waals surface area contributed by atoms with Crippen molar-refractivity contribution in [2.75, 3.05) is 0 Å². The van der Waals surface area contributed by atoms with Crippen LogP contribution in [0.1, 0.15) is 45.6 Å². The number of carbonyl (C=O) groups excluding carboxylic acids is 1. The number of hydrogen-bond donors (Lipinski definition) is 1. The van der Waals surface area contributed by atoms with Crippen LogP contribution in [0.2, 0.25) is 0 Å². The van der Waals surface area contributed by atoms with Crippen molar-refractivity contribution >= 4 is 6.09 Å². The minimum absolute atomic E-state index is 0.0597. The Morgan fingerprint density at radius 1 is 1.29 bits per heavy atom. The van der Waals surface area contributed by atoms with Gasteiger partial charge in [0.25, 0.3) is 0 Å². The zero-order valence-corrected chi connectivity index (χ0v) is 13.3. The van der Waals surface area contributed by atoms with E-state index < -0.39 is 0 Å². The first-order valence-corrected chi connectivity index (χ1v) is 8.04. The van der Waals surface area contributed by atoms with Crippen LogP contribution in [0, 0.1) is 17.8 Å². The summed E-state index contributed by atoms with van der Waals surface area (Å²) in [4.78, 5) is 12.0. The number of rotatable bonds is 4. The summed E-state index contributed by atoms with van der Waals surface area (Å²) in [5.41, 5.74) is 1.09. The van der Waals surface area contributed by atoms with Crippen molar-refractivity contribution in [1.29, 1.82) is 0 Å². The van der Waals surface area contributed by atoms with Gasteiger partial charge < -0.3 is 10.1 Å². The van der Waals surface area contributed by atoms with Gasteiger partial charge in [0.15, 0.2) is 0 Å². The van der Waals surface area contributed by atoms with Crippen LogP contribution in [0.5, 0.6) is 0 Å². The second-order valence-corrected chi connectivity index (χ2v) is 6.61. The first-order valence-electron chi connectivity index (χ1n) is 8.04. The normalized spacial score (nSPS) is 25.6. The van der Waals surface area contributed by atoms with E-state index in [2.05, 4.69) is 26.1 Å². The van der Waals surface area contributed by atoms with E-state index >= 15 is 0 Å². The fourth-order valence-corrected chi connectivity index (χ4v) is 3.20. The van der Waals surface area contributed by atoms with Crippen molar-refractivity contribution in [2.45, 2.75) is 52.7 Å². The van der Waals surface area contributed by atoms with Crippen LogP contribution in [0.3, 0.4) is 0 Å². The molecule has 116 valence electrons. The fraction of sp³-hybridized carbons (Fsp3) is 0.611. The molecule has 0 bridgehead atoms. The standard InChI is InChI=1S/C18H27NO2/c1-13(2)16-10-9-14(3)11-17(16)21-18(20)19-12-15-7-5-4-6-8-15/h4-8,13-14,16-17H,9-12H2,1-3H3,(H,19,20)/t14-,16+,17+/m1/s1. The molecule has 1 amide bonds. The average Bonchev–Trinajstić information content (AvgIpc) is 2.46. The molecule has 1 aromatic rings.